The Kier molecular flexibility index (Phi) is 6.44. The lowest BCUT2D eigenvalue weighted by Gasteiger charge is -2.19. The zero-order chi connectivity index (χ0) is 12.7. The number of nitrogens with one attached hydrogen (secondary N) is 1. The molecule has 0 radical (unpaired) electrons. The first-order chi connectivity index (χ1) is 8.28. The van der Waals surface area contributed by atoms with Crippen LogP contribution in [0.25, 0.3) is 0 Å². The molecule has 0 aliphatic carbocycles. The van der Waals surface area contributed by atoms with Gasteiger partial charge < -0.3 is 10.1 Å². The van der Waals surface area contributed by atoms with Gasteiger partial charge in [-0.25, -0.2) is 0 Å². The van der Waals surface area contributed by atoms with Crippen LogP contribution in [-0.4, -0.2) is 34.9 Å². The third kappa shape index (κ3) is 3.64. The second-order valence-electron chi connectivity index (χ2n) is 3.68. The highest BCUT2D eigenvalue weighted by Crippen LogP contribution is 2.27. The SMILES string of the molecule is CCNC(CSCC)c1c(OC)cnn1CC. The summed E-state index contributed by atoms with van der Waals surface area (Å²) in [4.78, 5) is 0. The van der Waals surface area contributed by atoms with Gasteiger partial charge >= 0.3 is 0 Å². The molecule has 4 nitrogen and oxygen atoms in total. The Hall–Kier alpha value is -0.680. The van der Waals surface area contributed by atoms with E-state index in [-0.39, 0.29) is 0 Å². The minimum atomic E-state index is 0.308. The molecule has 0 aliphatic rings. The molecule has 1 heterocycles. The molecule has 0 saturated heterocycles. The van der Waals surface area contributed by atoms with E-state index >= 15 is 0 Å². The highest BCUT2D eigenvalue weighted by molar-refractivity contribution is 7.99. The van der Waals surface area contributed by atoms with Crippen LogP contribution in [-0.2, 0) is 6.54 Å². The Morgan fingerprint density at radius 2 is 2.24 bits per heavy atom. The Balaban J connectivity index is 2.93. The van der Waals surface area contributed by atoms with Gasteiger partial charge in [-0.1, -0.05) is 13.8 Å². The molecule has 1 N–H and O–H groups in total. The van der Waals surface area contributed by atoms with Crippen molar-refractivity contribution in [1.82, 2.24) is 15.1 Å². The van der Waals surface area contributed by atoms with E-state index in [2.05, 4.69) is 31.2 Å². The lowest BCUT2D eigenvalue weighted by atomic mass is 10.2. The standard InChI is InChI=1S/C12H23N3OS/c1-5-13-10(9-17-7-3)12-11(16-4)8-14-15(12)6-2/h8,10,13H,5-7,9H2,1-4H3. The summed E-state index contributed by atoms with van der Waals surface area (Å²) in [6.45, 7) is 8.24. The number of methoxy groups -OCH3 is 1. The van der Waals surface area contributed by atoms with Crippen molar-refractivity contribution in [2.75, 3.05) is 25.2 Å². The summed E-state index contributed by atoms with van der Waals surface area (Å²) in [6, 6.07) is 0.308. The van der Waals surface area contributed by atoms with E-state index < -0.39 is 0 Å². The highest BCUT2D eigenvalue weighted by Gasteiger charge is 2.20. The van der Waals surface area contributed by atoms with Crippen LogP contribution in [0.3, 0.4) is 0 Å². The van der Waals surface area contributed by atoms with Gasteiger partial charge in [0.15, 0.2) is 5.75 Å². The second-order valence-corrected chi connectivity index (χ2v) is 5.00. The number of rotatable bonds is 8. The summed E-state index contributed by atoms with van der Waals surface area (Å²) in [7, 11) is 1.70. The van der Waals surface area contributed by atoms with Crippen LogP contribution in [0.1, 0.15) is 32.5 Å². The van der Waals surface area contributed by atoms with Crippen molar-refractivity contribution < 1.29 is 4.74 Å². The minimum Gasteiger partial charge on any atom is -0.493 e. The predicted molar refractivity (Wildman–Crippen MR) is 73.9 cm³/mol. The van der Waals surface area contributed by atoms with Crippen LogP contribution in [0.2, 0.25) is 0 Å². The Morgan fingerprint density at radius 1 is 1.47 bits per heavy atom. The highest BCUT2D eigenvalue weighted by atomic mass is 32.2. The zero-order valence-electron chi connectivity index (χ0n) is 11.2. The van der Waals surface area contributed by atoms with Gasteiger partial charge in [-0.05, 0) is 19.2 Å². The molecule has 1 aromatic rings. The topological polar surface area (TPSA) is 39.1 Å². The average molecular weight is 257 g/mol. The third-order valence-corrected chi connectivity index (χ3v) is 3.61. The normalized spacial score (nSPS) is 12.7. The summed E-state index contributed by atoms with van der Waals surface area (Å²) in [6.07, 6.45) is 1.81. The van der Waals surface area contributed by atoms with E-state index in [0.717, 1.165) is 36.0 Å². The number of aryl methyl sites for hydroxylation is 1. The fraction of sp³-hybridized carbons (Fsp3) is 0.750. The van der Waals surface area contributed by atoms with E-state index in [0.29, 0.717) is 6.04 Å². The Morgan fingerprint density at radius 3 is 2.76 bits per heavy atom. The average Bonchev–Trinajstić information content (AvgIpc) is 2.77. The summed E-state index contributed by atoms with van der Waals surface area (Å²) < 4.78 is 7.42. The van der Waals surface area contributed by atoms with Crippen molar-refractivity contribution in [3.8, 4) is 5.75 Å². The molecule has 0 saturated carbocycles. The number of ether oxygens (including phenoxy) is 1. The molecule has 0 aliphatic heterocycles. The number of thioether (sulfide) groups is 1. The lowest BCUT2D eigenvalue weighted by Crippen LogP contribution is -2.26. The van der Waals surface area contributed by atoms with Gasteiger partial charge in [0.2, 0.25) is 0 Å². The van der Waals surface area contributed by atoms with Crippen molar-refractivity contribution in [1.29, 1.82) is 0 Å². The maximum absolute atomic E-state index is 5.40. The van der Waals surface area contributed by atoms with Crippen molar-refractivity contribution in [3.63, 3.8) is 0 Å². The van der Waals surface area contributed by atoms with Gasteiger partial charge in [0, 0.05) is 12.3 Å². The molecule has 1 rings (SSSR count). The van der Waals surface area contributed by atoms with Crippen LogP contribution >= 0.6 is 11.8 Å². The van der Waals surface area contributed by atoms with Crippen LogP contribution in [0, 0.1) is 0 Å². The van der Waals surface area contributed by atoms with Crippen molar-refractivity contribution in [2.24, 2.45) is 0 Å². The third-order valence-electron chi connectivity index (χ3n) is 2.63. The van der Waals surface area contributed by atoms with Gasteiger partial charge in [0.1, 0.15) is 0 Å². The first kappa shape index (κ1) is 14.4. The molecular formula is C12H23N3OS. The molecule has 0 aromatic carbocycles. The molecule has 0 spiro atoms. The largest absolute Gasteiger partial charge is 0.493 e. The molecule has 0 amide bonds. The number of hydrogen-bond donors (Lipinski definition) is 1. The first-order valence-electron chi connectivity index (χ1n) is 6.19. The summed E-state index contributed by atoms with van der Waals surface area (Å²) in [5, 5.41) is 7.87. The summed E-state index contributed by atoms with van der Waals surface area (Å²) >= 11 is 1.93. The minimum absolute atomic E-state index is 0.308. The molecule has 1 unspecified atom stereocenters. The van der Waals surface area contributed by atoms with Crippen LogP contribution in [0.5, 0.6) is 5.75 Å². The van der Waals surface area contributed by atoms with Gasteiger partial charge in [-0.3, -0.25) is 4.68 Å². The van der Waals surface area contributed by atoms with Gasteiger partial charge in [-0.15, -0.1) is 0 Å². The smallest absolute Gasteiger partial charge is 0.161 e. The van der Waals surface area contributed by atoms with Crippen molar-refractivity contribution in [2.45, 2.75) is 33.4 Å². The van der Waals surface area contributed by atoms with E-state index in [1.807, 2.05) is 16.4 Å². The maximum atomic E-state index is 5.40. The molecule has 5 heteroatoms. The molecular weight excluding hydrogens is 234 g/mol. The molecule has 17 heavy (non-hydrogen) atoms. The van der Waals surface area contributed by atoms with Gasteiger partial charge in [0.25, 0.3) is 0 Å². The van der Waals surface area contributed by atoms with Gasteiger partial charge in [-0.2, -0.15) is 16.9 Å². The van der Waals surface area contributed by atoms with Gasteiger partial charge in [0.05, 0.1) is 25.0 Å². The lowest BCUT2D eigenvalue weighted by molar-refractivity contribution is 0.397. The summed E-state index contributed by atoms with van der Waals surface area (Å²) in [5.74, 6) is 3.06. The Bertz CT molecular complexity index is 306. The van der Waals surface area contributed by atoms with Crippen LogP contribution in [0.4, 0.5) is 0 Å². The molecule has 0 fully saturated rings. The molecule has 1 aromatic heterocycles. The van der Waals surface area contributed by atoms with Crippen LogP contribution in [0.15, 0.2) is 6.20 Å². The van der Waals surface area contributed by atoms with E-state index in [4.69, 9.17) is 4.74 Å². The van der Waals surface area contributed by atoms with E-state index in [1.54, 1.807) is 13.3 Å². The molecule has 0 bridgehead atoms. The first-order valence-corrected chi connectivity index (χ1v) is 7.34. The van der Waals surface area contributed by atoms with Crippen molar-refractivity contribution >= 4 is 11.8 Å². The number of aromatic nitrogens is 2. The predicted octanol–water partition coefficient (Wildman–Crippen LogP) is 2.32. The summed E-state index contributed by atoms with van der Waals surface area (Å²) in [5.41, 5.74) is 1.16. The van der Waals surface area contributed by atoms with Crippen molar-refractivity contribution in [3.05, 3.63) is 11.9 Å². The van der Waals surface area contributed by atoms with Crippen LogP contribution < -0.4 is 10.1 Å². The molecule has 1 atom stereocenters. The number of nitrogens with zero attached hydrogens (tertiary/aromatic N) is 2. The fourth-order valence-electron chi connectivity index (χ4n) is 1.86. The Labute approximate surface area is 108 Å². The quantitative estimate of drug-likeness (QED) is 0.776. The number of hydrogen-bond acceptors (Lipinski definition) is 4. The maximum Gasteiger partial charge on any atom is 0.161 e. The monoisotopic (exact) mass is 257 g/mol. The molecule has 98 valence electrons. The zero-order valence-corrected chi connectivity index (χ0v) is 12.0. The fourth-order valence-corrected chi connectivity index (χ4v) is 2.60. The second kappa shape index (κ2) is 7.61. The van der Waals surface area contributed by atoms with E-state index in [1.165, 1.54) is 0 Å². The van der Waals surface area contributed by atoms with E-state index in [9.17, 15) is 0 Å².